The molecular formula is C21H23FN2O2S. The molecule has 0 fully saturated rings. The summed E-state index contributed by atoms with van der Waals surface area (Å²) in [6.45, 7) is 2.27. The van der Waals surface area contributed by atoms with Gasteiger partial charge >= 0.3 is 0 Å². The molecule has 0 unspecified atom stereocenters. The first kappa shape index (κ1) is 19.4. The molecule has 1 aliphatic rings. The van der Waals surface area contributed by atoms with E-state index in [2.05, 4.69) is 5.32 Å². The highest BCUT2D eigenvalue weighted by Crippen LogP contribution is 2.34. The van der Waals surface area contributed by atoms with Gasteiger partial charge in [-0.05, 0) is 49.3 Å². The standard InChI is InChI=1S/C21H23FN2O2S/c1-15(25)18(12-16-6-3-2-4-7-16)23-21(26)14-24-10-5-11-27-20-9-8-17(22)13-19(20)24/h2-4,6-9,13,18H,5,10-12,14H2,1H3,(H,23,26)/t18-/m0/s1. The zero-order valence-corrected chi connectivity index (χ0v) is 16.1. The van der Waals surface area contributed by atoms with E-state index in [1.54, 1.807) is 17.8 Å². The van der Waals surface area contributed by atoms with Crippen LogP contribution in [0.5, 0.6) is 0 Å². The fraction of sp³-hybridized carbons (Fsp3) is 0.333. The maximum atomic E-state index is 13.7. The molecule has 1 heterocycles. The Morgan fingerprint density at radius 2 is 2.00 bits per heavy atom. The van der Waals surface area contributed by atoms with Crippen molar-refractivity contribution in [1.82, 2.24) is 5.32 Å². The van der Waals surface area contributed by atoms with Crippen molar-refractivity contribution in [3.63, 3.8) is 0 Å². The van der Waals surface area contributed by atoms with Crippen molar-refractivity contribution in [2.24, 2.45) is 0 Å². The van der Waals surface area contributed by atoms with E-state index in [-0.39, 0.29) is 24.1 Å². The number of thioether (sulfide) groups is 1. The minimum Gasteiger partial charge on any atom is -0.361 e. The second-order valence-electron chi connectivity index (χ2n) is 6.66. The zero-order valence-electron chi connectivity index (χ0n) is 15.3. The van der Waals surface area contributed by atoms with Crippen LogP contribution < -0.4 is 10.2 Å². The van der Waals surface area contributed by atoms with E-state index in [1.165, 1.54) is 19.1 Å². The zero-order chi connectivity index (χ0) is 19.2. The molecule has 0 spiro atoms. The van der Waals surface area contributed by atoms with Gasteiger partial charge in [0.25, 0.3) is 0 Å². The van der Waals surface area contributed by atoms with Gasteiger partial charge in [-0.3, -0.25) is 9.59 Å². The van der Waals surface area contributed by atoms with Crippen LogP contribution in [-0.2, 0) is 16.0 Å². The van der Waals surface area contributed by atoms with Crippen molar-refractivity contribution >= 4 is 29.1 Å². The van der Waals surface area contributed by atoms with Gasteiger partial charge in [0.15, 0.2) is 5.78 Å². The Labute approximate surface area is 163 Å². The molecular weight excluding hydrogens is 363 g/mol. The van der Waals surface area contributed by atoms with Crippen molar-refractivity contribution in [3.05, 3.63) is 59.9 Å². The van der Waals surface area contributed by atoms with E-state index in [4.69, 9.17) is 0 Å². The number of halogens is 1. The van der Waals surface area contributed by atoms with Crippen LogP contribution >= 0.6 is 11.8 Å². The Bertz CT molecular complexity index is 813. The molecule has 1 aliphatic heterocycles. The van der Waals surface area contributed by atoms with Gasteiger partial charge in [-0.2, -0.15) is 0 Å². The fourth-order valence-electron chi connectivity index (χ4n) is 3.14. The molecule has 27 heavy (non-hydrogen) atoms. The molecule has 2 aromatic rings. The molecule has 0 aliphatic carbocycles. The molecule has 0 aromatic heterocycles. The summed E-state index contributed by atoms with van der Waals surface area (Å²) in [7, 11) is 0. The van der Waals surface area contributed by atoms with Crippen molar-refractivity contribution < 1.29 is 14.0 Å². The van der Waals surface area contributed by atoms with Crippen LogP contribution in [0.3, 0.4) is 0 Å². The smallest absolute Gasteiger partial charge is 0.240 e. The van der Waals surface area contributed by atoms with Gasteiger partial charge in [0, 0.05) is 11.4 Å². The number of rotatable bonds is 6. The maximum absolute atomic E-state index is 13.7. The lowest BCUT2D eigenvalue weighted by atomic mass is 10.0. The maximum Gasteiger partial charge on any atom is 0.240 e. The molecule has 0 saturated carbocycles. The largest absolute Gasteiger partial charge is 0.361 e. The van der Waals surface area contributed by atoms with Crippen molar-refractivity contribution in [2.75, 3.05) is 23.7 Å². The molecule has 4 nitrogen and oxygen atoms in total. The average Bonchev–Trinajstić information content (AvgIpc) is 2.84. The summed E-state index contributed by atoms with van der Waals surface area (Å²) in [5.41, 5.74) is 1.74. The quantitative estimate of drug-likeness (QED) is 0.826. The van der Waals surface area contributed by atoms with Gasteiger partial charge in [0.2, 0.25) is 5.91 Å². The van der Waals surface area contributed by atoms with E-state index in [9.17, 15) is 14.0 Å². The van der Waals surface area contributed by atoms with Crippen LogP contribution in [-0.4, -0.2) is 36.6 Å². The van der Waals surface area contributed by atoms with Crippen LogP contribution in [0.4, 0.5) is 10.1 Å². The van der Waals surface area contributed by atoms with Crippen LogP contribution in [0.2, 0.25) is 0 Å². The second kappa shape index (κ2) is 9.04. The molecule has 0 bridgehead atoms. The number of nitrogens with one attached hydrogen (secondary N) is 1. The Hall–Kier alpha value is -2.34. The SMILES string of the molecule is CC(=O)[C@H](Cc1ccccc1)NC(=O)CN1CCCSc2ccc(F)cc21. The Morgan fingerprint density at radius 1 is 1.22 bits per heavy atom. The van der Waals surface area contributed by atoms with Gasteiger partial charge in [0.05, 0.1) is 18.3 Å². The number of Topliss-reactive ketones (excluding diaryl/α,β-unsaturated/α-hetero) is 1. The number of hydrogen-bond acceptors (Lipinski definition) is 4. The van der Waals surface area contributed by atoms with Gasteiger partial charge in [-0.25, -0.2) is 4.39 Å². The lowest BCUT2D eigenvalue weighted by Crippen LogP contribution is -2.46. The summed E-state index contributed by atoms with van der Waals surface area (Å²) >= 11 is 1.68. The minimum absolute atomic E-state index is 0.0786. The van der Waals surface area contributed by atoms with Crippen LogP contribution in [0.15, 0.2) is 53.4 Å². The highest BCUT2D eigenvalue weighted by atomic mass is 32.2. The van der Waals surface area contributed by atoms with Crippen LogP contribution in [0, 0.1) is 5.82 Å². The topological polar surface area (TPSA) is 49.4 Å². The van der Waals surface area contributed by atoms with E-state index >= 15 is 0 Å². The predicted octanol–water partition coefficient (Wildman–Crippen LogP) is 3.44. The normalized spacial score (nSPS) is 14.8. The summed E-state index contributed by atoms with van der Waals surface area (Å²) in [5.74, 6) is 0.312. The van der Waals surface area contributed by atoms with Crippen LogP contribution in [0.25, 0.3) is 0 Å². The predicted molar refractivity (Wildman–Crippen MR) is 107 cm³/mol. The third kappa shape index (κ3) is 5.32. The molecule has 1 N–H and O–H groups in total. The summed E-state index contributed by atoms with van der Waals surface area (Å²) in [5, 5.41) is 2.85. The number of fused-ring (bicyclic) bond motifs is 1. The lowest BCUT2D eigenvalue weighted by molar-refractivity contribution is -0.126. The molecule has 142 valence electrons. The Balaban J connectivity index is 1.69. The molecule has 6 heteroatoms. The van der Waals surface area contributed by atoms with E-state index in [0.29, 0.717) is 13.0 Å². The molecule has 0 saturated heterocycles. The number of carbonyl (C=O) groups excluding carboxylic acids is 2. The summed E-state index contributed by atoms with van der Waals surface area (Å²) in [6, 6.07) is 13.7. The van der Waals surface area contributed by atoms with E-state index < -0.39 is 6.04 Å². The highest BCUT2D eigenvalue weighted by Gasteiger charge is 2.22. The lowest BCUT2D eigenvalue weighted by Gasteiger charge is -2.25. The van der Waals surface area contributed by atoms with Crippen molar-refractivity contribution in [1.29, 1.82) is 0 Å². The van der Waals surface area contributed by atoms with Gasteiger partial charge in [0.1, 0.15) is 5.82 Å². The second-order valence-corrected chi connectivity index (χ2v) is 7.79. The minimum atomic E-state index is -0.562. The molecule has 1 atom stereocenters. The summed E-state index contributed by atoms with van der Waals surface area (Å²) in [6.07, 6.45) is 1.37. The van der Waals surface area contributed by atoms with E-state index in [0.717, 1.165) is 28.3 Å². The number of amides is 1. The fourth-order valence-corrected chi connectivity index (χ4v) is 4.13. The summed E-state index contributed by atoms with van der Waals surface area (Å²) in [4.78, 5) is 27.5. The Morgan fingerprint density at radius 3 is 2.74 bits per heavy atom. The number of carbonyl (C=O) groups is 2. The number of ketones is 1. The van der Waals surface area contributed by atoms with Crippen molar-refractivity contribution in [3.8, 4) is 0 Å². The highest BCUT2D eigenvalue weighted by molar-refractivity contribution is 7.99. The Kier molecular flexibility index (Phi) is 6.50. The summed E-state index contributed by atoms with van der Waals surface area (Å²) < 4.78 is 13.7. The first-order valence-electron chi connectivity index (χ1n) is 9.04. The number of hydrogen-bond donors (Lipinski definition) is 1. The number of benzene rings is 2. The molecule has 2 aromatic carbocycles. The van der Waals surface area contributed by atoms with Gasteiger partial charge in [-0.1, -0.05) is 30.3 Å². The first-order valence-corrected chi connectivity index (χ1v) is 10.0. The molecule has 3 rings (SSSR count). The van der Waals surface area contributed by atoms with Gasteiger partial charge in [-0.15, -0.1) is 11.8 Å². The number of nitrogens with zero attached hydrogens (tertiary/aromatic N) is 1. The average molecular weight is 386 g/mol. The molecule has 1 amide bonds. The molecule has 0 radical (unpaired) electrons. The first-order chi connectivity index (χ1) is 13.0. The van der Waals surface area contributed by atoms with E-state index in [1.807, 2.05) is 35.2 Å². The van der Waals surface area contributed by atoms with Gasteiger partial charge < -0.3 is 10.2 Å². The number of anilines is 1. The third-order valence-corrected chi connectivity index (χ3v) is 5.68. The third-order valence-electron chi connectivity index (χ3n) is 4.53. The van der Waals surface area contributed by atoms with Crippen LogP contribution in [0.1, 0.15) is 18.9 Å². The monoisotopic (exact) mass is 386 g/mol. The van der Waals surface area contributed by atoms with Crippen molar-refractivity contribution in [2.45, 2.75) is 30.7 Å².